The van der Waals surface area contributed by atoms with Gasteiger partial charge in [0.25, 0.3) is 0 Å². The number of anilines is 2. The van der Waals surface area contributed by atoms with E-state index in [0.29, 0.717) is 0 Å². The Labute approximate surface area is 169 Å². The zero-order chi connectivity index (χ0) is 19.7. The molecule has 4 rings (SSSR count). The van der Waals surface area contributed by atoms with Gasteiger partial charge in [-0.1, -0.05) is 17.7 Å². The van der Waals surface area contributed by atoms with Gasteiger partial charge in [0, 0.05) is 31.9 Å². The summed E-state index contributed by atoms with van der Waals surface area (Å²) in [7, 11) is 0. The first-order chi connectivity index (χ1) is 13.5. The fourth-order valence-corrected chi connectivity index (χ4v) is 4.48. The molecule has 0 N–H and O–H groups in total. The number of Topliss-reactive ketones (excluding diaryl/α,β-unsaturated/α-hetero) is 1. The Morgan fingerprint density at radius 1 is 1.00 bits per heavy atom. The van der Waals surface area contributed by atoms with Crippen molar-refractivity contribution in [3.05, 3.63) is 58.7 Å². The van der Waals surface area contributed by atoms with E-state index in [1.165, 1.54) is 28.2 Å². The minimum atomic E-state index is 0.0860. The molecule has 0 saturated carbocycles. The zero-order valence-electron chi connectivity index (χ0n) is 16.5. The van der Waals surface area contributed by atoms with Crippen LogP contribution in [0.5, 0.6) is 0 Å². The lowest BCUT2D eigenvalue weighted by molar-refractivity contribution is 0.102. The van der Waals surface area contributed by atoms with E-state index in [4.69, 9.17) is 4.98 Å². The average molecular weight is 393 g/mol. The summed E-state index contributed by atoms with van der Waals surface area (Å²) in [5.74, 6) is 0.985. The van der Waals surface area contributed by atoms with E-state index in [9.17, 15) is 4.79 Å². The maximum Gasteiger partial charge on any atom is 0.169 e. The monoisotopic (exact) mass is 392 g/mol. The third kappa shape index (κ3) is 3.78. The largest absolute Gasteiger partial charge is 0.368 e. The lowest BCUT2D eigenvalue weighted by atomic mass is 10.1. The molecule has 0 atom stereocenters. The van der Waals surface area contributed by atoms with E-state index < -0.39 is 0 Å². The number of thiophene rings is 1. The maximum absolute atomic E-state index is 11.6. The van der Waals surface area contributed by atoms with Crippen LogP contribution in [0.25, 0.3) is 10.6 Å². The first-order valence-electron chi connectivity index (χ1n) is 9.51. The van der Waals surface area contributed by atoms with Crippen LogP contribution >= 0.6 is 11.3 Å². The summed E-state index contributed by atoms with van der Waals surface area (Å²) in [5, 5.41) is 0. The quantitative estimate of drug-likeness (QED) is 0.618. The van der Waals surface area contributed by atoms with Crippen molar-refractivity contribution in [3.8, 4) is 10.6 Å². The van der Waals surface area contributed by atoms with Gasteiger partial charge in [-0.3, -0.25) is 9.78 Å². The Balaban J connectivity index is 1.48. The van der Waals surface area contributed by atoms with Crippen molar-refractivity contribution in [2.75, 3.05) is 36.0 Å². The summed E-state index contributed by atoms with van der Waals surface area (Å²) >= 11 is 1.47. The Hall–Kier alpha value is -2.73. The maximum atomic E-state index is 11.6. The van der Waals surface area contributed by atoms with Crippen LogP contribution in [0.3, 0.4) is 0 Å². The number of aromatic nitrogens is 2. The summed E-state index contributed by atoms with van der Waals surface area (Å²) in [6.45, 7) is 9.65. The molecular weight excluding hydrogens is 368 g/mol. The molecule has 144 valence electrons. The standard InChI is InChI=1S/C22H24N4OS/c1-15-4-5-19(16(2)12-15)25-8-10-26(11-9-25)22-14-23-13-18(24-22)21-7-6-20(28-21)17(3)27/h4-7,12-14H,8-11H2,1-3H3. The van der Waals surface area contributed by atoms with Gasteiger partial charge in [0.2, 0.25) is 0 Å². The number of ketones is 1. The van der Waals surface area contributed by atoms with Crippen LogP contribution in [-0.4, -0.2) is 41.9 Å². The highest BCUT2D eigenvalue weighted by Crippen LogP contribution is 2.28. The average Bonchev–Trinajstić information content (AvgIpc) is 3.19. The molecule has 28 heavy (non-hydrogen) atoms. The van der Waals surface area contributed by atoms with E-state index >= 15 is 0 Å². The minimum Gasteiger partial charge on any atom is -0.368 e. The number of hydrogen-bond donors (Lipinski definition) is 0. The van der Waals surface area contributed by atoms with E-state index in [2.05, 4.69) is 46.8 Å². The smallest absolute Gasteiger partial charge is 0.169 e. The van der Waals surface area contributed by atoms with E-state index in [-0.39, 0.29) is 5.78 Å². The number of carbonyl (C=O) groups is 1. The Morgan fingerprint density at radius 2 is 1.75 bits per heavy atom. The van der Waals surface area contributed by atoms with Gasteiger partial charge in [0.05, 0.1) is 22.1 Å². The first-order valence-corrected chi connectivity index (χ1v) is 10.3. The molecule has 0 unspecified atom stereocenters. The van der Waals surface area contributed by atoms with Crippen molar-refractivity contribution >= 4 is 28.6 Å². The fraction of sp³-hybridized carbons (Fsp3) is 0.318. The van der Waals surface area contributed by atoms with Crippen LogP contribution in [0.2, 0.25) is 0 Å². The molecule has 1 aliphatic heterocycles. The van der Waals surface area contributed by atoms with Gasteiger partial charge in [-0.15, -0.1) is 11.3 Å². The minimum absolute atomic E-state index is 0.0860. The molecule has 0 bridgehead atoms. The van der Waals surface area contributed by atoms with Crippen LogP contribution in [-0.2, 0) is 0 Å². The van der Waals surface area contributed by atoms with Crippen molar-refractivity contribution in [1.82, 2.24) is 9.97 Å². The number of piperazine rings is 1. The zero-order valence-corrected chi connectivity index (χ0v) is 17.3. The summed E-state index contributed by atoms with van der Waals surface area (Å²) < 4.78 is 0. The number of nitrogens with zero attached hydrogens (tertiary/aromatic N) is 4. The molecule has 1 saturated heterocycles. The number of aryl methyl sites for hydroxylation is 2. The highest BCUT2D eigenvalue weighted by Gasteiger charge is 2.20. The van der Waals surface area contributed by atoms with Crippen molar-refractivity contribution in [1.29, 1.82) is 0 Å². The number of carbonyl (C=O) groups excluding carboxylic acids is 1. The van der Waals surface area contributed by atoms with Gasteiger partial charge in [0.1, 0.15) is 11.5 Å². The Bertz CT molecular complexity index is 1010. The normalized spacial score (nSPS) is 14.4. The first kappa shape index (κ1) is 18.6. The van der Waals surface area contributed by atoms with Crippen LogP contribution in [0.4, 0.5) is 11.5 Å². The second-order valence-corrected chi connectivity index (χ2v) is 8.33. The van der Waals surface area contributed by atoms with Gasteiger partial charge in [-0.2, -0.15) is 0 Å². The highest BCUT2D eigenvalue weighted by atomic mass is 32.1. The van der Waals surface area contributed by atoms with Crippen molar-refractivity contribution < 1.29 is 4.79 Å². The third-order valence-electron chi connectivity index (χ3n) is 5.12. The summed E-state index contributed by atoms with van der Waals surface area (Å²) in [6.07, 6.45) is 3.60. The van der Waals surface area contributed by atoms with Gasteiger partial charge in [-0.25, -0.2) is 4.98 Å². The van der Waals surface area contributed by atoms with Crippen LogP contribution in [0.15, 0.2) is 42.7 Å². The molecular formula is C22H24N4OS. The highest BCUT2D eigenvalue weighted by molar-refractivity contribution is 7.17. The van der Waals surface area contributed by atoms with E-state index in [0.717, 1.165) is 47.4 Å². The lowest BCUT2D eigenvalue weighted by Crippen LogP contribution is -2.47. The fourth-order valence-electron chi connectivity index (χ4n) is 3.63. The van der Waals surface area contributed by atoms with Crippen molar-refractivity contribution in [3.63, 3.8) is 0 Å². The Morgan fingerprint density at radius 3 is 2.43 bits per heavy atom. The predicted molar refractivity (Wildman–Crippen MR) is 116 cm³/mol. The molecule has 1 fully saturated rings. The number of benzene rings is 1. The van der Waals surface area contributed by atoms with Crippen LogP contribution in [0, 0.1) is 13.8 Å². The van der Waals surface area contributed by atoms with Crippen molar-refractivity contribution in [2.24, 2.45) is 0 Å². The molecule has 5 nitrogen and oxygen atoms in total. The van der Waals surface area contributed by atoms with Crippen LogP contribution < -0.4 is 9.80 Å². The summed E-state index contributed by atoms with van der Waals surface area (Å²) in [5.41, 5.74) is 4.77. The lowest BCUT2D eigenvalue weighted by Gasteiger charge is -2.37. The molecule has 0 radical (unpaired) electrons. The molecule has 1 aliphatic rings. The van der Waals surface area contributed by atoms with Gasteiger partial charge >= 0.3 is 0 Å². The molecule has 0 amide bonds. The van der Waals surface area contributed by atoms with Gasteiger partial charge in [-0.05, 0) is 44.5 Å². The molecule has 6 heteroatoms. The summed E-state index contributed by atoms with van der Waals surface area (Å²) in [4.78, 5) is 27.2. The second-order valence-electron chi connectivity index (χ2n) is 7.25. The second kappa shape index (κ2) is 7.72. The van der Waals surface area contributed by atoms with E-state index in [1.54, 1.807) is 13.1 Å². The molecule has 1 aromatic carbocycles. The van der Waals surface area contributed by atoms with Gasteiger partial charge in [0.15, 0.2) is 5.78 Å². The molecule has 3 aromatic rings. The predicted octanol–water partition coefficient (Wildman–Crippen LogP) is 4.35. The van der Waals surface area contributed by atoms with Crippen LogP contribution in [0.1, 0.15) is 27.7 Å². The number of rotatable bonds is 4. The van der Waals surface area contributed by atoms with E-state index in [1.807, 2.05) is 18.3 Å². The molecule has 0 aliphatic carbocycles. The third-order valence-corrected chi connectivity index (χ3v) is 6.33. The topological polar surface area (TPSA) is 49.3 Å². The van der Waals surface area contributed by atoms with Gasteiger partial charge < -0.3 is 9.80 Å². The molecule has 0 spiro atoms. The Kier molecular flexibility index (Phi) is 5.13. The SMILES string of the molecule is CC(=O)c1ccc(-c2cncc(N3CCN(c4ccc(C)cc4C)CC3)n2)s1. The number of hydrogen-bond acceptors (Lipinski definition) is 6. The summed E-state index contributed by atoms with van der Waals surface area (Å²) in [6, 6.07) is 10.5. The molecule has 3 heterocycles. The van der Waals surface area contributed by atoms with Crippen molar-refractivity contribution in [2.45, 2.75) is 20.8 Å². The molecule has 2 aromatic heterocycles.